The molecule has 29 heavy (non-hydrogen) atoms. The second-order valence-electron chi connectivity index (χ2n) is 7.32. The number of thioether (sulfide) groups is 1. The minimum atomic E-state index is -3.10. The van der Waals surface area contributed by atoms with E-state index in [0.29, 0.717) is 10.9 Å². The Morgan fingerprint density at radius 2 is 1.97 bits per heavy atom. The van der Waals surface area contributed by atoms with Crippen molar-refractivity contribution in [1.82, 2.24) is 0 Å². The number of amidine groups is 1. The number of amides is 1. The first-order valence-corrected chi connectivity index (χ1v) is 12.0. The summed E-state index contributed by atoms with van der Waals surface area (Å²) in [5, 5.41) is 0.428. The standard InChI is InChI=1S/C21H22N2O4S2/c1-14-6-8-15(9-7-14)10-20(24)22-21-23(16-4-3-5-17(11-16)27-2)18-12-29(25,26)13-19(18)28-21/h3-9,11,18-19H,10,12-13H2,1-2H3/t18-,19-/m0/s1. The Bertz CT molecular complexity index is 1060. The number of sulfone groups is 1. The molecular weight excluding hydrogens is 408 g/mol. The Kier molecular flexibility index (Phi) is 5.40. The van der Waals surface area contributed by atoms with Gasteiger partial charge < -0.3 is 9.64 Å². The van der Waals surface area contributed by atoms with Gasteiger partial charge in [-0.25, -0.2) is 8.42 Å². The highest BCUT2D eigenvalue weighted by atomic mass is 32.2. The van der Waals surface area contributed by atoms with Crippen LogP contribution in [0.4, 0.5) is 5.69 Å². The zero-order valence-corrected chi connectivity index (χ0v) is 17.9. The Morgan fingerprint density at radius 3 is 2.69 bits per heavy atom. The second kappa shape index (κ2) is 7.84. The largest absolute Gasteiger partial charge is 0.497 e. The van der Waals surface area contributed by atoms with Gasteiger partial charge in [-0.05, 0) is 24.6 Å². The van der Waals surface area contributed by atoms with Crippen molar-refractivity contribution in [2.45, 2.75) is 24.6 Å². The molecule has 0 aromatic heterocycles. The fraction of sp³-hybridized carbons (Fsp3) is 0.333. The number of rotatable bonds is 4. The summed E-state index contributed by atoms with van der Waals surface area (Å²) in [5.74, 6) is 0.593. The van der Waals surface area contributed by atoms with Crippen LogP contribution in [0, 0.1) is 6.92 Å². The van der Waals surface area contributed by atoms with E-state index in [9.17, 15) is 13.2 Å². The van der Waals surface area contributed by atoms with Crippen molar-refractivity contribution >= 4 is 38.4 Å². The molecule has 152 valence electrons. The summed E-state index contributed by atoms with van der Waals surface area (Å²) >= 11 is 1.38. The molecule has 0 aliphatic carbocycles. The van der Waals surface area contributed by atoms with Crippen LogP contribution in [-0.4, -0.2) is 49.4 Å². The number of aliphatic imine (C=N–C) groups is 1. The average Bonchev–Trinajstić information content (AvgIpc) is 3.14. The lowest BCUT2D eigenvalue weighted by Crippen LogP contribution is -2.37. The number of anilines is 1. The van der Waals surface area contributed by atoms with Crippen LogP contribution in [-0.2, 0) is 21.1 Å². The summed E-state index contributed by atoms with van der Waals surface area (Å²) in [6.07, 6.45) is 0.212. The molecular formula is C21H22N2O4S2. The molecule has 0 bridgehead atoms. The third-order valence-corrected chi connectivity index (χ3v) is 8.30. The average molecular weight is 431 g/mol. The molecule has 2 fully saturated rings. The molecule has 2 aliphatic heterocycles. The molecule has 4 rings (SSSR count). The van der Waals surface area contributed by atoms with Gasteiger partial charge >= 0.3 is 0 Å². The van der Waals surface area contributed by atoms with Crippen molar-refractivity contribution in [3.05, 3.63) is 59.7 Å². The minimum absolute atomic E-state index is 0.0625. The maximum atomic E-state index is 12.6. The smallest absolute Gasteiger partial charge is 0.252 e. The molecule has 2 atom stereocenters. The third-order valence-electron chi connectivity index (χ3n) is 5.09. The lowest BCUT2D eigenvalue weighted by molar-refractivity contribution is -0.117. The first-order valence-electron chi connectivity index (χ1n) is 9.32. The Balaban J connectivity index is 1.64. The molecule has 2 aliphatic rings. The molecule has 2 aromatic carbocycles. The summed E-state index contributed by atoms with van der Waals surface area (Å²) in [6, 6.07) is 15.0. The summed E-state index contributed by atoms with van der Waals surface area (Å²) in [4.78, 5) is 18.9. The fourth-order valence-corrected chi connectivity index (χ4v) is 7.58. The molecule has 2 saturated heterocycles. The van der Waals surface area contributed by atoms with E-state index >= 15 is 0 Å². The van der Waals surface area contributed by atoms with Crippen molar-refractivity contribution in [2.24, 2.45) is 4.99 Å². The van der Waals surface area contributed by atoms with Crippen molar-refractivity contribution < 1.29 is 17.9 Å². The maximum Gasteiger partial charge on any atom is 0.252 e. The van der Waals surface area contributed by atoms with Gasteiger partial charge in [0.2, 0.25) is 0 Å². The zero-order valence-electron chi connectivity index (χ0n) is 16.2. The van der Waals surface area contributed by atoms with Gasteiger partial charge in [-0.1, -0.05) is 47.7 Å². The van der Waals surface area contributed by atoms with Crippen molar-refractivity contribution in [3.63, 3.8) is 0 Å². The van der Waals surface area contributed by atoms with E-state index < -0.39 is 9.84 Å². The number of aryl methyl sites for hydroxylation is 1. The van der Waals surface area contributed by atoms with E-state index in [1.165, 1.54) is 11.8 Å². The van der Waals surface area contributed by atoms with Crippen molar-refractivity contribution in [3.8, 4) is 5.75 Å². The van der Waals surface area contributed by atoms with Gasteiger partial charge in [-0.2, -0.15) is 4.99 Å². The number of hydrogen-bond acceptors (Lipinski definition) is 5. The third kappa shape index (κ3) is 4.33. The van der Waals surface area contributed by atoms with E-state index in [1.807, 2.05) is 60.4 Å². The Morgan fingerprint density at radius 1 is 1.21 bits per heavy atom. The maximum absolute atomic E-state index is 12.6. The van der Waals surface area contributed by atoms with E-state index in [4.69, 9.17) is 4.74 Å². The molecule has 1 amide bonds. The van der Waals surface area contributed by atoms with Crippen LogP contribution < -0.4 is 9.64 Å². The summed E-state index contributed by atoms with van der Waals surface area (Å²) < 4.78 is 29.7. The highest BCUT2D eigenvalue weighted by Gasteiger charge is 2.49. The van der Waals surface area contributed by atoms with Gasteiger partial charge in [0, 0.05) is 17.0 Å². The van der Waals surface area contributed by atoms with Crippen molar-refractivity contribution in [1.29, 1.82) is 0 Å². The first kappa shape index (κ1) is 20.0. The summed E-state index contributed by atoms with van der Waals surface area (Å²) in [5.41, 5.74) is 2.82. The number of carbonyl (C=O) groups excluding carboxylic acids is 1. The number of benzene rings is 2. The van der Waals surface area contributed by atoms with Crippen LogP contribution in [0.5, 0.6) is 5.75 Å². The number of hydrogen-bond donors (Lipinski definition) is 0. The molecule has 0 radical (unpaired) electrons. The molecule has 6 nitrogen and oxygen atoms in total. The van der Waals surface area contributed by atoms with E-state index in [-0.39, 0.29) is 35.1 Å². The van der Waals surface area contributed by atoms with Crippen LogP contribution in [0.25, 0.3) is 0 Å². The number of methoxy groups -OCH3 is 1. The van der Waals surface area contributed by atoms with Gasteiger partial charge in [0.05, 0.1) is 31.1 Å². The van der Waals surface area contributed by atoms with E-state index in [0.717, 1.165) is 16.8 Å². The quantitative estimate of drug-likeness (QED) is 0.743. The topological polar surface area (TPSA) is 76.0 Å². The van der Waals surface area contributed by atoms with Crippen LogP contribution in [0.15, 0.2) is 53.5 Å². The van der Waals surface area contributed by atoms with E-state index in [2.05, 4.69) is 4.99 Å². The highest BCUT2D eigenvalue weighted by Crippen LogP contribution is 2.41. The number of fused-ring (bicyclic) bond motifs is 1. The Labute approximate surface area is 174 Å². The predicted octanol–water partition coefficient (Wildman–Crippen LogP) is 2.85. The molecule has 2 heterocycles. The monoisotopic (exact) mass is 430 g/mol. The van der Waals surface area contributed by atoms with Gasteiger partial charge in [0.1, 0.15) is 5.75 Å². The van der Waals surface area contributed by atoms with Crippen LogP contribution in [0.1, 0.15) is 11.1 Å². The molecule has 0 saturated carbocycles. The number of ether oxygens (including phenoxy) is 1. The predicted molar refractivity (Wildman–Crippen MR) is 117 cm³/mol. The van der Waals surface area contributed by atoms with Gasteiger partial charge in [-0.3, -0.25) is 4.79 Å². The van der Waals surface area contributed by atoms with E-state index in [1.54, 1.807) is 7.11 Å². The SMILES string of the molecule is COc1cccc(N2C(=NC(=O)Cc3ccc(C)cc3)S[C@H]3CS(=O)(=O)C[C@@H]32)c1. The van der Waals surface area contributed by atoms with Gasteiger partial charge in [-0.15, -0.1) is 0 Å². The fourth-order valence-electron chi connectivity index (χ4n) is 3.65. The summed E-state index contributed by atoms with van der Waals surface area (Å²) in [6.45, 7) is 2.00. The Hall–Kier alpha value is -2.32. The first-order chi connectivity index (χ1) is 13.8. The highest BCUT2D eigenvalue weighted by molar-refractivity contribution is 8.16. The molecule has 0 unspecified atom stereocenters. The lowest BCUT2D eigenvalue weighted by atomic mass is 10.1. The van der Waals surface area contributed by atoms with Crippen LogP contribution in [0.3, 0.4) is 0 Å². The molecule has 8 heteroatoms. The van der Waals surface area contributed by atoms with Crippen molar-refractivity contribution in [2.75, 3.05) is 23.5 Å². The molecule has 0 N–H and O–H groups in total. The second-order valence-corrected chi connectivity index (χ2v) is 10.7. The number of carbonyl (C=O) groups is 1. The van der Waals surface area contributed by atoms with Gasteiger partial charge in [0.25, 0.3) is 5.91 Å². The summed E-state index contributed by atoms with van der Waals surface area (Å²) in [7, 11) is -1.52. The van der Waals surface area contributed by atoms with Crippen LogP contribution in [0.2, 0.25) is 0 Å². The van der Waals surface area contributed by atoms with Gasteiger partial charge in [0.15, 0.2) is 15.0 Å². The minimum Gasteiger partial charge on any atom is -0.497 e. The number of nitrogens with zero attached hydrogens (tertiary/aromatic N) is 2. The molecule has 2 aromatic rings. The van der Waals surface area contributed by atoms with Crippen LogP contribution >= 0.6 is 11.8 Å². The zero-order chi connectivity index (χ0) is 20.6. The normalized spacial score (nSPS) is 23.9. The molecule has 0 spiro atoms. The lowest BCUT2D eigenvalue weighted by Gasteiger charge is -2.24.